The van der Waals surface area contributed by atoms with E-state index in [-0.39, 0.29) is 36.7 Å². The average Bonchev–Trinajstić information content (AvgIpc) is 3.22. The van der Waals surface area contributed by atoms with Gasteiger partial charge in [-0.2, -0.15) is 0 Å². The fraction of sp³-hybridized carbons (Fsp3) is 0.455. The van der Waals surface area contributed by atoms with Crippen LogP contribution >= 0.6 is 11.6 Å². The Bertz CT molecular complexity index is 719. The maximum absolute atomic E-state index is 13.1. The summed E-state index contributed by atoms with van der Waals surface area (Å²) in [7, 11) is 0. The summed E-state index contributed by atoms with van der Waals surface area (Å²) >= 11 is 5.74. The van der Waals surface area contributed by atoms with E-state index in [1.165, 1.54) is 0 Å². The van der Waals surface area contributed by atoms with Crippen LogP contribution in [0.2, 0.25) is 0 Å². The molecular weight excluding hydrogens is 376 g/mol. The van der Waals surface area contributed by atoms with Crippen molar-refractivity contribution in [2.45, 2.75) is 45.7 Å². The van der Waals surface area contributed by atoms with Crippen LogP contribution in [0.25, 0.3) is 0 Å². The quantitative estimate of drug-likeness (QED) is 0.529. The minimum absolute atomic E-state index is 0.0146. The molecule has 0 spiro atoms. The summed E-state index contributed by atoms with van der Waals surface area (Å²) in [6.07, 6.45) is 3.36. The van der Waals surface area contributed by atoms with E-state index < -0.39 is 0 Å². The van der Waals surface area contributed by atoms with Gasteiger partial charge in [-0.25, -0.2) is 0 Å². The molecule has 1 aromatic carbocycles. The summed E-state index contributed by atoms with van der Waals surface area (Å²) in [6, 6.07) is 13.7. The molecule has 1 aromatic heterocycles. The first kappa shape index (κ1) is 22.0. The summed E-state index contributed by atoms with van der Waals surface area (Å²) in [5, 5.41) is 0. The molecule has 28 heavy (non-hydrogen) atoms. The van der Waals surface area contributed by atoms with E-state index in [9.17, 15) is 9.59 Å². The Labute approximate surface area is 172 Å². The molecule has 2 aromatic rings. The highest BCUT2D eigenvalue weighted by Crippen LogP contribution is 2.12. The molecule has 0 fully saturated rings. The van der Waals surface area contributed by atoms with E-state index >= 15 is 0 Å². The van der Waals surface area contributed by atoms with Gasteiger partial charge in [-0.1, -0.05) is 37.3 Å². The molecule has 0 aliphatic rings. The molecule has 0 aliphatic carbocycles. The highest BCUT2D eigenvalue weighted by molar-refractivity contribution is 6.18. The van der Waals surface area contributed by atoms with Crippen molar-refractivity contribution in [3.63, 3.8) is 0 Å². The maximum atomic E-state index is 13.1. The zero-order chi connectivity index (χ0) is 20.4. The number of furan rings is 1. The van der Waals surface area contributed by atoms with Gasteiger partial charge in [0.1, 0.15) is 12.3 Å². The second kappa shape index (κ2) is 11.5. The zero-order valence-electron chi connectivity index (χ0n) is 16.6. The number of halogens is 1. The summed E-state index contributed by atoms with van der Waals surface area (Å²) < 4.78 is 5.43. The minimum Gasteiger partial charge on any atom is -0.467 e. The lowest BCUT2D eigenvalue weighted by molar-refractivity contribution is -0.142. The largest absolute Gasteiger partial charge is 0.467 e. The molecule has 0 aliphatic heterocycles. The third kappa shape index (κ3) is 6.71. The number of carbonyl (C=O) groups excluding carboxylic acids is 2. The first-order valence-electron chi connectivity index (χ1n) is 9.74. The molecule has 0 bridgehead atoms. The molecule has 1 heterocycles. The minimum atomic E-state index is -0.0875. The van der Waals surface area contributed by atoms with E-state index in [0.717, 1.165) is 24.2 Å². The van der Waals surface area contributed by atoms with Gasteiger partial charge in [0.25, 0.3) is 0 Å². The third-order valence-corrected chi connectivity index (χ3v) is 5.04. The first-order chi connectivity index (χ1) is 13.5. The topological polar surface area (TPSA) is 53.8 Å². The Morgan fingerprint density at radius 1 is 1.11 bits per heavy atom. The molecule has 6 heteroatoms. The van der Waals surface area contributed by atoms with Crippen molar-refractivity contribution >= 4 is 23.4 Å². The van der Waals surface area contributed by atoms with Gasteiger partial charge in [-0.05, 0) is 37.5 Å². The number of carbonyl (C=O) groups is 2. The van der Waals surface area contributed by atoms with E-state index in [4.69, 9.17) is 16.0 Å². The van der Waals surface area contributed by atoms with Crippen LogP contribution in [0.5, 0.6) is 0 Å². The van der Waals surface area contributed by atoms with E-state index in [1.807, 2.05) is 56.3 Å². The normalized spacial score (nSPS) is 11.8. The van der Waals surface area contributed by atoms with Gasteiger partial charge in [-0.3, -0.25) is 9.59 Å². The van der Waals surface area contributed by atoms with Gasteiger partial charge in [0, 0.05) is 24.9 Å². The van der Waals surface area contributed by atoms with Gasteiger partial charge in [0.05, 0.1) is 12.8 Å². The van der Waals surface area contributed by atoms with Crippen LogP contribution in [0.4, 0.5) is 0 Å². The Balaban J connectivity index is 2.10. The van der Waals surface area contributed by atoms with E-state index in [1.54, 1.807) is 16.1 Å². The Morgan fingerprint density at radius 2 is 1.86 bits per heavy atom. The van der Waals surface area contributed by atoms with Crippen LogP contribution in [0, 0.1) is 0 Å². The van der Waals surface area contributed by atoms with Crippen molar-refractivity contribution in [1.82, 2.24) is 9.80 Å². The van der Waals surface area contributed by atoms with Crippen LogP contribution in [-0.2, 0) is 22.6 Å². The van der Waals surface area contributed by atoms with Crippen LogP contribution in [-0.4, -0.2) is 46.6 Å². The number of benzene rings is 1. The molecular formula is C22H29ClN2O3. The molecule has 0 radical (unpaired) electrons. The predicted molar refractivity (Wildman–Crippen MR) is 111 cm³/mol. The molecule has 152 valence electrons. The highest BCUT2D eigenvalue weighted by atomic mass is 35.5. The van der Waals surface area contributed by atoms with Gasteiger partial charge < -0.3 is 14.2 Å². The third-order valence-electron chi connectivity index (χ3n) is 4.85. The van der Waals surface area contributed by atoms with Gasteiger partial charge in [0.2, 0.25) is 11.8 Å². The van der Waals surface area contributed by atoms with Crippen LogP contribution < -0.4 is 0 Å². The van der Waals surface area contributed by atoms with Gasteiger partial charge in [0.15, 0.2) is 0 Å². The number of hydrogen-bond acceptors (Lipinski definition) is 3. The average molecular weight is 405 g/mol. The first-order valence-corrected chi connectivity index (χ1v) is 10.3. The SMILES string of the molecule is CCC(C)N(CC(=O)N(CCc1ccccc1)Cc1ccco1)C(=O)CCCl. The standard InChI is InChI=1S/C22H29ClN2O3/c1-3-18(2)25(21(26)11-13-23)17-22(27)24(16-20-10-7-15-28-20)14-12-19-8-5-4-6-9-19/h4-10,15,18H,3,11-14,16-17H2,1-2H3. The van der Waals surface area contributed by atoms with Crippen molar-refractivity contribution in [1.29, 1.82) is 0 Å². The number of alkyl halides is 1. The van der Waals surface area contributed by atoms with Crippen molar-refractivity contribution < 1.29 is 14.0 Å². The Kier molecular flexibility index (Phi) is 9.08. The van der Waals surface area contributed by atoms with Crippen LogP contribution in [0.15, 0.2) is 53.1 Å². The number of amides is 2. The summed E-state index contributed by atoms with van der Waals surface area (Å²) in [5.74, 6) is 0.808. The molecule has 2 amide bonds. The molecule has 0 saturated heterocycles. The molecule has 1 unspecified atom stereocenters. The summed E-state index contributed by atoms with van der Waals surface area (Å²) in [4.78, 5) is 28.9. The molecule has 0 saturated carbocycles. The van der Waals surface area contributed by atoms with E-state index in [0.29, 0.717) is 13.1 Å². The number of nitrogens with zero attached hydrogens (tertiary/aromatic N) is 2. The predicted octanol–water partition coefficient (Wildman–Crippen LogP) is 4.11. The zero-order valence-corrected chi connectivity index (χ0v) is 17.4. The van der Waals surface area contributed by atoms with Crippen molar-refractivity contribution in [2.75, 3.05) is 19.0 Å². The van der Waals surface area contributed by atoms with E-state index in [2.05, 4.69) is 0 Å². The van der Waals surface area contributed by atoms with Crippen molar-refractivity contribution in [3.8, 4) is 0 Å². The van der Waals surface area contributed by atoms with Crippen LogP contribution in [0.3, 0.4) is 0 Å². The number of hydrogen-bond donors (Lipinski definition) is 0. The fourth-order valence-electron chi connectivity index (χ4n) is 2.97. The summed E-state index contributed by atoms with van der Waals surface area (Å²) in [6.45, 7) is 4.96. The molecule has 0 N–H and O–H groups in total. The fourth-order valence-corrected chi connectivity index (χ4v) is 3.13. The second-order valence-corrected chi connectivity index (χ2v) is 7.23. The molecule has 1 atom stereocenters. The Morgan fingerprint density at radius 3 is 2.46 bits per heavy atom. The van der Waals surface area contributed by atoms with Gasteiger partial charge in [-0.15, -0.1) is 11.6 Å². The van der Waals surface area contributed by atoms with Crippen LogP contribution in [0.1, 0.15) is 38.0 Å². The van der Waals surface area contributed by atoms with Crippen molar-refractivity contribution in [2.24, 2.45) is 0 Å². The molecule has 5 nitrogen and oxygen atoms in total. The smallest absolute Gasteiger partial charge is 0.242 e. The van der Waals surface area contributed by atoms with Crippen molar-refractivity contribution in [3.05, 3.63) is 60.1 Å². The molecule has 2 rings (SSSR count). The number of rotatable bonds is 11. The summed E-state index contributed by atoms with van der Waals surface area (Å²) in [5.41, 5.74) is 1.16. The maximum Gasteiger partial charge on any atom is 0.242 e. The van der Waals surface area contributed by atoms with Gasteiger partial charge >= 0.3 is 0 Å². The lowest BCUT2D eigenvalue weighted by Crippen LogP contribution is -2.46. The second-order valence-electron chi connectivity index (χ2n) is 6.85. The highest BCUT2D eigenvalue weighted by Gasteiger charge is 2.24. The Hall–Kier alpha value is -2.27. The lowest BCUT2D eigenvalue weighted by atomic mass is 10.1. The monoisotopic (exact) mass is 404 g/mol. The lowest BCUT2D eigenvalue weighted by Gasteiger charge is -2.31.